The highest BCUT2D eigenvalue weighted by atomic mass is 79.9. The molecular weight excluding hydrogens is 272 g/mol. The van der Waals surface area contributed by atoms with Crippen LogP contribution in [0.4, 0.5) is 5.69 Å². The summed E-state index contributed by atoms with van der Waals surface area (Å²) >= 11 is 3.13. The monoisotopic (exact) mass is 284 g/mol. The number of nitro groups is 1. The van der Waals surface area contributed by atoms with Crippen LogP contribution in [0.25, 0.3) is 0 Å². The van der Waals surface area contributed by atoms with Gasteiger partial charge in [0, 0.05) is 12.1 Å². The Kier molecular flexibility index (Phi) is 4.20. The summed E-state index contributed by atoms with van der Waals surface area (Å²) in [5.41, 5.74) is 7.66. The molecule has 1 atom stereocenters. The highest BCUT2D eigenvalue weighted by Gasteiger charge is 2.15. The molecule has 86 valence electrons. The lowest BCUT2D eigenvalue weighted by Gasteiger charge is -2.11. The van der Waals surface area contributed by atoms with Crippen molar-refractivity contribution in [3.05, 3.63) is 50.5 Å². The molecule has 4 nitrogen and oxygen atoms in total. The molecule has 0 bridgehead atoms. The third-order valence-electron chi connectivity index (χ3n) is 2.16. The average molecular weight is 285 g/mol. The van der Waals surface area contributed by atoms with E-state index >= 15 is 0 Å². The van der Waals surface area contributed by atoms with Gasteiger partial charge < -0.3 is 5.73 Å². The highest BCUT2D eigenvalue weighted by Crippen LogP contribution is 2.29. The Balaban J connectivity index is 3.02. The second kappa shape index (κ2) is 5.23. The molecule has 1 aromatic carbocycles. The zero-order chi connectivity index (χ0) is 12.3. The summed E-state index contributed by atoms with van der Waals surface area (Å²) in [6.45, 7) is 5.65. The zero-order valence-electron chi connectivity index (χ0n) is 8.94. The first-order chi connectivity index (χ1) is 7.41. The van der Waals surface area contributed by atoms with E-state index in [1.807, 2.05) is 6.92 Å². The third-order valence-corrected chi connectivity index (χ3v) is 2.83. The number of nitro benzene ring substituents is 1. The topological polar surface area (TPSA) is 69.2 Å². The van der Waals surface area contributed by atoms with Crippen LogP contribution >= 0.6 is 15.9 Å². The van der Waals surface area contributed by atoms with Gasteiger partial charge in [0.2, 0.25) is 0 Å². The van der Waals surface area contributed by atoms with Crippen molar-refractivity contribution in [2.24, 2.45) is 5.73 Å². The van der Waals surface area contributed by atoms with Gasteiger partial charge in [-0.05, 0) is 40.9 Å². The van der Waals surface area contributed by atoms with Crippen molar-refractivity contribution in [1.29, 1.82) is 0 Å². The van der Waals surface area contributed by atoms with E-state index in [4.69, 9.17) is 5.73 Å². The molecule has 0 amide bonds. The van der Waals surface area contributed by atoms with Gasteiger partial charge in [-0.1, -0.05) is 11.6 Å². The average Bonchev–Trinajstić information content (AvgIpc) is 2.16. The maximum Gasteiger partial charge on any atom is 0.283 e. The third kappa shape index (κ3) is 3.15. The second-order valence-corrected chi connectivity index (χ2v) is 4.59. The van der Waals surface area contributed by atoms with Crippen molar-refractivity contribution in [2.45, 2.75) is 19.4 Å². The Morgan fingerprint density at radius 1 is 1.69 bits per heavy atom. The number of nitrogens with zero attached hydrogens (tertiary/aromatic N) is 1. The van der Waals surface area contributed by atoms with E-state index in [0.29, 0.717) is 10.9 Å². The summed E-state index contributed by atoms with van der Waals surface area (Å²) in [6.07, 6.45) is 0.624. The maximum absolute atomic E-state index is 10.7. The molecule has 5 heteroatoms. The van der Waals surface area contributed by atoms with Gasteiger partial charge in [0.25, 0.3) is 5.69 Å². The summed E-state index contributed by atoms with van der Waals surface area (Å²) in [5, 5.41) is 10.7. The lowest BCUT2D eigenvalue weighted by atomic mass is 10.0. The van der Waals surface area contributed by atoms with Crippen molar-refractivity contribution in [3.63, 3.8) is 0 Å². The molecule has 0 heterocycles. The van der Waals surface area contributed by atoms with Crippen LogP contribution < -0.4 is 5.73 Å². The minimum atomic E-state index is -0.429. The van der Waals surface area contributed by atoms with E-state index in [1.165, 1.54) is 6.07 Å². The number of nitrogens with two attached hydrogens (primary N) is 1. The van der Waals surface area contributed by atoms with Crippen LogP contribution in [0.1, 0.15) is 24.9 Å². The van der Waals surface area contributed by atoms with Crippen molar-refractivity contribution >= 4 is 21.6 Å². The zero-order valence-corrected chi connectivity index (χ0v) is 10.5. The van der Waals surface area contributed by atoms with Gasteiger partial charge in [-0.3, -0.25) is 10.1 Å². The SMILES string of the molecule is C=C(C)C[C@@H](N)c1ccc(Br)c([N+](=O)[O-])c1. The predicted octanol–water partition coefficient (Wildman–Crippen LogP) is 3.32. The van der Waals surface area contributed by atoms with Crippen LogP contribution in [-0.2, 0) is 0 Å². The Morgan fingerprint density at radius 2 is 2.31 bits per heavy atom. The van der Waals surface area contributed by atoms with Crippen LogP contribution in [0, 0.1) is 10.1 Å². The number of hydrogen-bond acceptors (Lipinski definition) is 3. The molecule has 0 aromatic heterocycles. The normalized spacial score (nSPS) is 12.2. The van der Waals surface area contributed by atoms with E-state index in [2.05, 4.69) is 22.5 Å². The molecule has 0 radical (unpaired) electrons. The number of benzene rings is 1. The molecule has 0 saturated heterocycles. The molecule has 0 spiro atoms. The van der Waals surface area contributed by atoms with Gasteiger partial charge in [-0.15, -0.1) is 6.58 Å². The minimum absolute atomic E-state index is 0.0367. The van der Waals surface area contributed by atoms with Crippen LogP contribution in [0.3, 0.4) is 0 Å². The molecule has 0 fully saturated rings. The fourth-order valence-corrected chi connectivity index (χ4v) is 1.78. The predicted molar refractivity (Wildman–Crippen MR) is 67.2 cm³/mol. The Hall–Kier alpha value is -1.20. The molecule has 1 aromatic rings. The first-order valence-electron chi connectivity index (χ1n) is 4.75. The van der Waals surface area contributed by atoms with Crippen molar-refractivity contribution in [3.8, 4) is 0 Å². The minimum Gasteiger partial charge on any atom is -0.324 e. The maximum atomic E-state index is 10.7. The summed E-state index contributed by atoms with van der Waals surface area (Å²) in [7, 11) is 0. The lowest BCUT2D eigenvalue weighted by molar-refractivity contribution is -0.385. The van der Waals surface area contributed by atoms with Crippen LogP contribution in [-0.4, -0.2) is 4.92 Å². The quantitative estimate of drug-likeness (QED) is 0.524. The van der Waals surface area contributed by atoms with Crippen molar-refractivity contribution in [1.82, 2.24) is 0 Å². The van der Waals surface area contributed by atoms with Gasteiger partial charge in [0.15, 0.2) is 0 Å². The lowest BCUT2D eigenvalue weighted by Crippen LogP contribution is -2.10. The summed E-state index contributed by atoms with van der Waals surface area (Å²) in [5.74, 6) is 0. The standard InChI is InChI=1S/C11H13BrN2O2/c1-7(2)5-10(13)8-3-4-9(12)11(6-8)14(15)16/h3-4,6,10H,1,5,13H2,2H3/t10-/m1/s1. The van der Waals surface area contributed by atoms with Gasteiger partial charge in [-0.25, -0.2) is 0 Å². The van der Waals surface area contributed by atoms with E-state index in [0.717, 1.165) is 11.1 Å². The van der Waals surface area contributed by atoms with Crippen LogP contribution in [0.15, 0.2) is 34.8 Å². The first-order valence-corrected chi connectivity index (χ1v) is 5.55. The Bertz CT molecular complexity index is 432. The smallest absolute Gasteiger partial charge is 0.283 e. The van der Waals surface area contributed by atoms with Gasteiger partial charge in [0.05, 0.1) is 9.40 Å². The van der Waals surface area contributed by atoms with E-state index in [1.54, 1.807) is 12.1 Å². The molecule has 1 rings (SSSR count). The fraction of sp³-hybridized carbons (Fsp3) is 0.273. The summed E-state index contributed by atoms with van der Waals surface area (Å²) in [6, 6.07) is 4.68. The molecular formula is C11H13BrN2O2. The fourth-order valence-electron chi connectivity index (χ4n) is 1.39. The molecule has 0 aliphatic carbocycles. The van der Waals surface area contributed by atoms with Gasteiger partial charge in [-0.2, -0.15) is 0 Å². The first kappa shape index (κ1) is 12.9. The number of rotatable bonds is 4. The number of halogens is 1. The number of hydrogen-bond donors (Lipinski definition) is 1. The largest absolute Gasteiger partial charge is 0.324 e. The molecule has 0 aliphatic rings. The Morgan fingerprint density at radius 3 is 2.81 bits per heavy atom. The van der Waals surface area contributed by atoms with E-state index < -0.39 is 4.92 Å². The van der Waals surface area contributed by atoms with Crippen molar-refractivity contribution < 1.29 is 4.92 Å². The van der Waals surface area contributed by atoms with Gasteiger partial charge in [0.1, 0.15) is 0 Å². The molecule has 0 aliphatic heterocycles. The molecule has 0 saturated carbocycles. The molecule has 2 N–H and O–H groups in total. The molecule has 16 heavy (non-hydrogen) atoms. The van der Waals surface area contributed by atoms with E-state index in [9.17, 15) is 10.1 Å². The van der Waals surface area contributed by atoms with E-state index in [-0.39, 0.29) is 11.7 Å². The van der Waals surface area contributed by atoms with Crippen molar-refractivity contribution in [2.75, 3.05) is 0 Å². The summed E-state index contributed by atoms with van der Waals surface area (Å²) in [4.78, 5) is 10.3. The molecule has 0 unspecified atom stereocenters. The second-order valence-electron chi connectivity index (χ2n) is 3.74. The van der Waals surface area contributed by atoms with Crippen LogP contribution in [0.5, 0.6) is 0 Å². The summed E-state index contributed by atoms with van der Waals surface area (Å²) < 4.78 is 0.462. The van der Waals surface area contributed by atoms with Crippen LogP contribution in [0.2, 0.25) is 0 Å². The highest BCUT2D eigenvalue weighted by molar-refractivity contribution is 9.10. The Labute approximate surface area is 102 Å². The van der Waals surface area contributed by atoms with Gasteiger partial charge >= 0.3 is 0 Å².